The van der Waals surface area contributed by atoms with Crippen LogP contribution in [-0.4, -0.2) is 29.2 Å². The van der Waals surface area contributed by atoms with Gasteiger partial charge in [-0.05, 0) is 36.1 Å². The lowest BCUT2D eigenvalue weighted by Crippen LogP contribution is -2.40. The number of carboxylic acid groups (broad SMARTS) is 1. The molecule has 4 nitrogen and oxygen atoms in total. The van der Waals surface area contributed by atoms with E-state index in [0.717, 1.165) is 36.3 Å². The number of hydrogen-bond acceptors (Lipinski definition) is 3. The van der Waals surface area contributed by atoms with E-state index in [2.05, 4.69) is 12.1 Å². The molecule has 0 spiro atoms. The number of hydrogen-bond donors (Lipinski definition) is 1. The highest BCUT2D eigenvalue weighted by molar-refractivity contribution is 5.70. The van der Waals surface area contributed by atoms with Crippen molar-refractivity contribution in [3.63, 3.8) is 0 Å². The Morgan fingerprint density at radius 1 is 1.09 bits per heavy atom. The minimum Gasteiger partial charge on any atom is -0.481 e. The molecule has 114 valence electrons. The number of aliphatic carboxylic acids is 1. The van der Waals surface area contributed by atoms with Crippen LogP contribution in [0, 0.1) is 5.92 Å². The number of nitrogens with zero attached hydrogens (tertiary/aromatic N) is 1. The van der Waals surface area contributed by atoms with Crippen molar-refractivity contribution < 1.29 is 14.7 Å². The van der Waals surface area contributed by atoms with E-state index in [0.29, 0.717) is 6.54 Å². The zero-order valence-corrected chi connectivity index (χ0v) is 12.3. The predicted octanol–water partition coefficient (Wildman–Crippen LogP) is 3.44. The SMILES string of the molecule is O=C(O)C1CCCN(Oc2cccc(-c3ccccc3)c2)C1. The van der Waals surface area contributed by atoms with Gasteiger partial charge in [-0.3, -0.25) is 4.79 Å². The van der Waals surface area contributed by atoms with Gasteiger partial charge in [-0.1, -0.05) is 42.5 Å². The maximum atomic E-state index is 11.1. The third kappa shape index (κ3) is 3.46. The Balaban J connectivity index is 1.72. The summed E-state index contributed by atoms with van der Waals surface area (Å²) in [6, 6.07) is 18.0. The third-order valence-corrected chi connectivity index (χ3v) is 3.91. The van der Waals surface area contributed by atoms with Crippen LogP contribution in [0.1, 0.15) is 12.8 Å². The molecule has 0 bridgehead atoms. The minimum absolute atomic E-state index is 0.342. The van der Waals surface area contributed by atoms with E-state index in [1.807, 2.05) is 42.5 Å². The molecule has 2 aromatic carbocycles. The average molecular weight is 297 g/mol. The lowest BCUT2D eigenvalue weighted by atomic mass is 10.00. The molecule has 0 aromatic heterocycles. The Bertz CT molecular complexity index is 642. The molecule has 22 heavy (non-hydrogen) atoms. The van der Waals surface area contributed by atoms with Crippen LogP contribution in [0.25, 0.3) is 11.1 Å². The van der Waals surface area contributed by atoms with Gasteiger partial charge >= 0.3 is 5.97 Å². The number of rotatable bonds is 4. The molecule has 2 aromatic rings. The summed E-state index contributed by atoms with van der Waals surface area (Å²) in [7, 11) is 0. The third-order valence-electron chi connectivity index (χ3n) is 3.91. The highest BCUT2D eigenvalue weighted by Crippen LogP contribution is 2.25. The summed E-state index contributed by atoms with van der Waals surface area (Å²) >= 11 is 0. The first-order valence-corrected chi connectivity index (χ1v) is 7.53. The monoisotopic (exact) mass is 297 g/mol. The molecule has 0 amide bonds. The van der Waals surface area contributed by atoms with E-state index in [1.165, 1.54) is 0 Å². The first kappa shape index (κ1) is 14.6. The van der Waals surface area contributed by atoms with Crippen molar-refractivity contribution in [3.05, 3.63) is 54.6 Å². The maximum absolute atomic E-state index is 11.1. The van der Waals surface area contributed by atoms with E-state index in [4.69, 9.17) is 9.94 Å². The van der Waals surface area contributed by atoms with Crippen LogP contribution in [0.2, 0.25) is 0 Å². The Morgan fingerprint density at radius 3 is 2.64 bits per heavy atom. The molecule has 1 fully saturated rings. The molecule has 1 unspecified atom stereocenters. The minimum atomic E-state index is -0.744. The standard InChI is InChI=1S/C18H19NO3/c20-18(21)16-9-5-11-19(13-16)22-17-10-4-8-15(12-17)14-6-2-1-3-7-14/h1-4,6-8,10,12,16H,5,9,11,13H2,(H,20,21). The van der Waals surface area contributed by atoms with Crippen LogP contribution < -0.4 is 4.84 Å². The van der Waals surface area contributed by atoms with Crippen molar-refractivity contribution in [2.75, 3.05) is 13.1 Å². The summed E-state index contributed by atoms with van der Waals surface area (Å²) in [6.45, 7) is 1.20. The Labute approximate surface area is 129 Å². The van der Waals surface area contributed by atoms with Gasteiger partial charge in [0.1, 0.15) is 5.75 Å². The molecule has 0 aliphatic carbocycles. The van der Waals surface area contributed by atoms with Gasteiger partial charge in [-0.25, -0.2) is 0 Å². The molecular formula is C18H19NO3. The van der Waals surface area contributed by atoms with Crippen molar-refractivity contribution in [1.29, 1.82) is 0 Å². The topological polar surface area (TPSA) is 49.8 Å². The van der Waals surface area contributed by atoms with Crippen molar-refractivity contribution in [2.24, 2.45) is 5.92 Å². The van der Waals surface area contributed by atoms with E-state index in [1.54, 1.807) is 5.06 Å². The van der Waals surface area contributed by atoms with Crippen molar-refractivity contribution in [1.82, 2.24) is 5.06 Å². The summed E-state index contributed by atoms with van der Waals surface area (Å²) in [5.74, 6) is -0.343. The van der Waals surface area contributed by atoms with E-state index in [9.17, 15) is 4.79 Å². The van der Waals surface area contributed by atoms with Gasteiger partial charge in [0.05, 0.1) is 5.92 Å². The molecular weight excluding hydrogens is 278 g/mol. The number of benzene rings is 2. The summed E-state index contributed by atoms with van der Waals surface area (Å²) in [5, 5.41) is 10.9. The van der Waals surface area contributed by atoms with Crippen molar-refractivity contribution in [2.45, 2.75) is 12.8 Å². The van der Waals surface area contributed by atoms with Gasteiger partial charge in [0, 0.05) is 13.1 Å². The Hall–Kier alpha value is -2.33. The second kappa shape index (κ2) is 6.62. The van der Waals surface area contributed by atoms with E-state index < -0.39 is 5.97 Å². The summed E-state index contributed by atoms with van der Waals surface area (Å²) in [5.41, 5.74) is 2.22. The number of hydroxylamine groups is 2. The molecule has 1 saturated heterocycles. The second-order valence-corrected chi connectivity index (χ2v) is 5.55. The highest BCUT2D eigenvalue weighted by atomic mass is 16.7. The van der Waals surface area contributed by atoms with Crippen LogP contribution in [-0.2, 0) is 4.79 Å². The fourth-order valence-corrected chi connectivity index (χ4v) is 2.74. The molecule has 0 radical (unpaired) electrons. The van der Waals surface area contributed by atoms with Crippen molar-refractivity contribution in [3.8, 4) is 16.9 Å². The quantitative estimate of drug-likeness (QED) is 0.939. The first-order chi connectivity index (χ1) is 10.7. The molecule has 1 heterocycles. The van der Waals surface area contributed by atoms with Crippen LogP contribution in [0.15, 0.2) is 54.6 Å². The maximum Gasteiger partial charge on any atom is 0.307 e. The smallest absolute Gasteiger partial charge is 0.307 e. The Kier molecular flexibility index (Phi) is 4.39. The largest absolute Gasteiger partial charge is 0.481 e. The van der Waals surface area contributed by atoms with E-state index >= 15 is 0 Å². The normalized spacial score (nSPS) is 18.8. The van der Waals surface area contributed by atoms with Crippen molar-refractivity contribution >= 4 is 5.97 Å². The van der Waals surface area contributed by atoms with Gasteiger partial charge < -0.3 is 9.94 Å². The van der Waals surface area contributed by atoms with Crippen LogP contribution in [0.3, 0.4) is 0 Å². The van der Waals surface area contributed by atoms with Crippen LogP contribution in [0.4, 0.5) is 0 Å². The summed E-state index contributed by atoms with van der Waals surface area (Å²) in [4.78, 5) is 17.0. The van der Waals surface area contributed by atoms with Crippen LogP contribution in [0.5, 0.6) is 5.75 Å². The summed E-state index contributed by atoms with van der Waals surface area (Å²) < 4.78 is 0. The molecule has 4 heteroatoms. The van der Waals surface area contributed by atoms with Gasteiger partial charge in [0.25, 0.3) is 0 Å². The number of carboxylic acids is 1. The zero-order valence-electron chi connectivity index (χ0n) is 12.3. The zero-order chi connectivity index (χ0) is 15.4. The molecule has 0 saturated carbocycles. The van der Waals surface area contributed by atoms with Gasteiger partial charge in [-0.2, -0.15) is 0 Å². The van der Waals surface area contributed by atoms with Gasteiger partial charge in [0.15, 0.2) is 0 Å². The summed E-state index contributed by atoms with van der Waals surface area (Å²) in [6.07, 6.45) is 1.56. The highest BCUT2D eigenvalue weighted by Gasteiger charge is 2.26. The Morgan fingerprint density at radius 2 is 1.86 bits per heavy atom. The van der Waals surface area contributed by atoms with Crippen LogP contribution >= 0.6 is 0 Å². The van der Waals surface area contributed by atoms with Gasteiger partial charge in [0.2, 0.25) is 0 Å². The fourth-order valence-electron chi connectivity index (χ4n) is 2.74. The van der Waals surface area contributed by atoms with E-state index in [-0.39, 0.29) is 5.92 Å². The predicted molar refractivity (Wildman–Crippen MR) is 84.4 cm³/mol. The average Bonchev–Trinajstić information content (AvgIpc) is 2.56. The number of piperidine rings is 1. The second-order valence-electron chi connectivity index (χ2n) is 5.55. The molecule has 1 aliphatic heterocycles. The fraction of sp³-hybridized carbons (Fsp3) is 0.278. The lowest BCUT2D eigenvalue weighted by Gasteiger charge is -2.29. The molecule has 1 aliphatic rings. The molecule has 1 atom stereocenters. The lowest BCUT2D eigenvalue weighted by molar-refractivity contribution is -0.151. The van der Waals surface area contributed by atoms with Gasteiger partial charge in [-0.15, -0.1) is 5.06 Å². The number of carbonyl (C=O) groups is 1. The molecule has 3 rings (SSSR count). The molecule has 1 N–H and O–H groups in total. The first-order valence-electron chi connectivity index (χ1n) is 7.53.